The maximum atomic E-state index is 5.25. The van der Waals surface area contributed by atoms with Crippen LogP contribution in [0.5, 0.6) is 0 Å². The van der Waals surface area contributed by atoms with E-state index in [0.717, 1.165) is 78.8 Å². The molecule has 6 nitrogen and oxygen atoms in total. The number of benzene rings is 5. The van der Waals surface area contributed by atoms with Crippen molar-refractivity contribution in [3.63, 3.8) is 0 Å². The van der Waals surface area contributed by atoms with E-state index in [1.165, 1.54) is 22.1 Å². The Labute approximate surface area is 407 Å². The van der Waals surface area contributed by atoms with Crippen molar-refractivity contribution in [3.05, 3.63) is 241 Å². The van der Waals surface area contributed by atoms with Crippen LogP contribution < -0.4 is 0 Å². The SMILES string of the molecule is C=C/C=C\C(=C/C)C(=NC/C(C)=C/C=C\C1=Cc2cc(-c3cccc(-c4nc(/C(C)=C/C)nc(-c5ccccc5)n4)c3)ccc2C1)N=C(C)n1c2ccccc2c2cc(C(/C=C\C)=C/C=C)ccc21. The molecular formula is C63H58N6. The molecule has 0 unspecified atom stereocenters. The largest absolute Gasteiger partial charge is 0.297 e. The molecule has 1 aliphatic rings. The molecule has 0 amide bonds. The van der Waals surface area contributed by atoms with Gasteiger partial charge >= 0.3 is 0 Å². The van der Waals surface area contributed by atoms with Crippen LogP contribution in [0.15, 0.2) is 228 Å². The summed E-state index contributed by atoms with van der Waals surface area (Å²) in [5, 5.41) is 2.33. The topological polar surface area (TPSA) is 68.3 Å². The minimum atomic E-state index is 0.492. The van der Waals surface area contributed by atoms with Gasteiger partial charge in [0, 0.05) is 27.5 Å². The number of para-hydroxylation sites is 1. The van der Waals surface area contributed by atoms with E-state index in [2.05, 4.69) is 153 Å². The molecule has 0 fully saturated rings. The fraction of sp³-hybridized carbons (Fsp3) is 0.127. The predicted molar refractivity (Wildman–Crippen MR) is 296 cm³/mol. The third-order valence-corrected chi connectivity index (χ3v) is 12.2. The van der Waals surface area contributed by atoms with Gasteiger partial charge in [0.25, 0.3) is 0 Å². The molecule has 0 saturated carbocycles. The summed E-state index contributed by atoms with van der Waals surface area (Å²) in [6.07, 6.45) is 27.5. The predicted octanol–water partition coefficient (Wildman–Crippen LogP) is 16.0. The fourth-order valence-corrected chi connectivity index (χ4v) is 8.52. The fourth-order valence-electron chi connectivity index (χ4n) is 8.52. The number of hydrogen-bond acceptors (Lipinski definition) is 4. The first-order valence-electron chi connectivity index (χ1n) is 23.5. The quantitative estimate of drug-likeness (QED) is 0.0620. The second-order valence-corrected chi connectivity index (χ2v) is 17.0. The Morgan fingerprint density at radius 1 is 0.667 bits per heavy atom. The van der Waals surface area contributed by atoms with Gasteiger partial charge in [0.2, 0.25) is 0 Å². The smallest absolute Gasteiger partial charge is 0.164 e. The number of nitrogens with zero attached hydrogens (tertiary/aromatic N) is 6. The molecule has 0 bridgehead atoms. The van der Waals surface area contributed by atoms with Crippen molar-refractivity contribution < 1.29 is 0 Å². The number of fused-ring (bicyclic) bond motifs is 4. The lowest BCUT2D eigenvalue weighted by molar-refractivity contribution is 1.03. The monoisotopic (exact) mass is 898 g/mol. The van der Waals surface area contributed by atoms with Crippen molar-refractivity contribution in [2.24, 2.45) is 9.98 Å². The van der Waals surface area contributed by atoms with E-state index in [1.807, 2.05) is 94.5 Å². The zero-order valence-corrected chi connectivity index (χ0v) is 40.5. The van der Waals surface area contributed by atoms with E-state index in [1.54, 1.807) is 6.08 Å². The summed E-state index contributed by atoms with van der Waals surface area (Å²) in [4.78, 5) is 25.0. The molecule has 0 atom stereocenters. The minimum Gasteiger partial charge on any atom is -0.297 e. The zero-order chi connectivity index (χ0) is 48.3. The summed E-state index contributed by atoms with van der Waals surface area (Å²) in [6.45, 7) is 20.6. The van der Waals surface area contributed by atoms with Crippen LogP contribution in [0.1, 0.15) is 64.1 Å². The van der Waals surface area contributed by atoms with Crippen LogP contribution in [-0.4, -0.2) is 37.7 Å². The summed E-state index contributed by atoms with van der Waals surface area (Å²) in [5.74, 6) is 3.48. The number of rotatable bonds is 14. The Hall–Kier alpha value is -8.35. The van der Waals surface area contributed by atoms with Crippen LogP contribution in [0.3, 0.4) is 0 Å². The Balaban J connectivity index is 1.03. The molecule has 2 aromatic heterocycles. The molecule has 8 rings (SSSR count). The van der Waals surface area contributed by atoms with Gasteiger partial charge in [-0.15, -0.1) is 0 Å². The van der Waals surface area contributed by atoms with E-state index in [4.69, 9.17) is 24.9 Å². The summed E-state index contributed by atoms with van der Waals surface area (Å²) in [6, 6.07) is 40.4. The number of aromatic nitrogens is 4. The molecule has 2 heterocycles. The van der Waals surface area contributed by atoms with Crippen LogP contribution in [-0.2, 0) is 6.42 Å². The molecule has 0 radical (unpaired) electrons. The Morgan fingerprint density at radius 3 is 2.17 bits per heavy atom. The van der Waals surface area contributed by atoms with Gasteiger partial charge in [-0.2, -0.15) is 0 Å². The van der Waals surface area contributed by atoms with Gasteiger partial charge in [0.05, 0.1) is 17.6 Å². The highest BCUT2D eigenvalue weighted by Gasteiger charge is 2.17. The molecule has 7 aromatic rings. The third-order valence-electron chi connectivity index (χ3n) is 12.2. The van der Waals surface area contributed by atoms with Crippen molar-refractivity contribution in [2.75, 3.05) is 6.54 Å². The van der Waals surface area contributed by atoms with Gasteiger partial charge in [-0.25, -0.2) is 19.9 Å². The molecule has 69 heavy (non-hydrogen) atoms. The van der Waals surface area contributed by atoms with Gasteiger partial charge in [-0.05, 0) is 123 Å². The lowest BCUT2D eigenvalue weighted by Crippen LogP contribution is -2.12. The summed E-state index contributed by atoms with van der Waals surface area (Å²) in [5.41, 5.74) is 15.4. The minimum absolute atomic E-state index is 0.492. The first-order chi connectivity index (χ1) is 33.7. The maximum Gasteiger partial charge on any atom is 0.164 e. The van der Waals surface area contributed by atoms with Crippen molar-refractivity contribution in [1.82, 2.24) is 19.5 Å². The Bertz CT molecular complexity index is 3410. The molecule has 5 aromatic carbocycles. The molecule has 0 spiro atoms. The van der Waals surface area contributed by atoms with Gasteiger partial charge < -0.3 is 0 Å². The van der Waals surface area contributed by atoms with Gasteiger partial charge in [-0.3, -0.25) is 9.56 Å². The van der Waals surface area contributed by atoms with Crippen LogP contribution in [0, 0.1) is 0 Å². The van der Waals surface area contributed by atoms with Crippen molar-refractivity contribution in [2.45, 2.75) is 48.0 Å². The van der Waals surface area contributed by atoms with Gasteiger partial charge in [-0.1, -0.05) is 183 Å². The number of allylic oxidation sites excluding steroid dienone is 14. The van der Waals surface area contributed by atoms with E-state index >= 15 is 0 Å². The summed E-state index contributed by atoms with van der Waals surface area (Å²) >= 11 is 0. The lowest BCUT2D eigenvalue weighted by atomic mass is 9.99. The van der Waals surface area contributed by atoms with Crippen molar-refractivity contribution in [3.8, 4) is 33.9 Å². The highest BCUT2D eigenvalue weighted by atomic mass is 15.1. The van der Waals surface area contributed by atoms with E-state index in [-0.39, 0.29) is 0 Å². The summed E-state index contributed by atoms with van der Waals surface area (Å²) in [7, 11) is 0. The molecule has 340 valence electrons. The van der Waals surface area contributed by atoms with Crippen molar-refractivity contribution in [1.29, 1.82) is 0 Å². The first-order valence-corrected chi connectivity index (χ1v) is 23.5. The maximum absolute atomic E-state index is 5.25. The number of hydrogen-bond donors (Lipinski definition) is 0. The highest BCUT2D eigenvalue weighted by Crippen LogP contribution is 2.34. The van der Waals surface area contributed by atoms with E-state index in [9.17, 15) is 0 Å². The van der Waals surface area contributed by atoms with Crippen LogP contribution in [0.4, 0.5) is 0 Å². The Morgan fingerprint density at radius 2 is 1.41 bits per heavy atom. The third kappa shape index (κ3) is 10.8. The van der Waals surface area contributed by atoms with Crippen LogP contribution >= 0.6 is 0 Å². The summed E-state index contributed by atoms with van der Waals surface area (Å²) < 4.78 is 2.24. The second kappa shape index (κ2) is 22.0. The van der Waals surface area contributed by atoms with E-state index in [0.29, 0.717) is 29.9 Å². The average Bonchev–Trinajstić information content (AvgIpc) is 3.95. The zero-order valence-electron chi connectivity index (χ0n) is 40.5. The van der Waals surface area contributed by atoms with E-state index < -0.39 is 0 Å². The first kappa shape index (κ1) is 47.2. The molecule has 0 N–H and O–H groups in total. The lowest BCUT2D eigenvalue weighted by Gasteiger charge is -2.10. The highest BCUT2D eigenvalue weighted by molar-refractivity contribution is 6.17. The van der Waals surface area contributed by atoms with Crippen LogP contribution in [0.2, 0.25) is 0 Å². The second-order valence-electron chi connectivity index (χ2n) is 17.0. The normalized spacial score (nSPS) is 14.2. The van der Waals surface area contributed by atoms with Gasteiger partial charge in [0.15, 0.2) is 23.3 Å². The number of amidine groups is 1. The molecule has 1 aliphatic carbocycles. The molecular weight excluding hydrogens is 841 g/mol. The number of aliphatic imine (C=N–C) groups is 2. The Kier molecular flexibility index (Phi) is 15.0. The molecule has 6 heteroatoms. The molecule has 0 aliphatic heterocycles. The molecule has 0 saturated heterocycles. The van der Waals surface area contributed by atoms with Gasteiger partial charge in [0.1, 0.15) is 5.84 Å². The standard InChI is InChI=1S/C63H58N6/c1-9-14-26-47(13-5)61(65-45(8)69-58-32-19-18-31-56(58)57-41-53(35-36-59(57)69)48(22-10-2)23-11-3)64-42-43(6)24-20-25-46-37-51-33-34-52(40-55(51)38-46)50-29-21-30-54(39-50)63-67-60(44(7)12-4)66-62(68-63)49-27-16-15-17-28-49/h9-36,38-41H,1-2,37,42H2,3-8H3/b23-11-,25-20-,26-14-,43-24+,44-12+,47-13+,48-22+,64-61?,65-45?. The average molecular weight is 899 g/mol. The van der Waals surface area contributed by atoms with Crippen LogP contribution in [0.25, 0.3) is 72.9 Å². The van der Waals surface area contributed by atoms with Crippen molar-refractivity contribution >= 4 is 50.7 Å².